The molecule has 6 rings (SSSR count). The molecule has 0 N–H and O–H groups in total. The van der Waals surface area contributed by atoms with Gasteiger partial charge in [-0.25, -0.2) is 0 Å². The molecule has 0 heterocycles. The zero-order valence-electron chi connectivity index (χ0n) is 17.7. The highest BCUT2D eigenvalue weighted by Gasteiger charge is 2.31. The molecule has 0 unspecified atom stereocenters. The van der Waals surface area contributed by atoms with Crippen molar-refractivity contribution < 1.29 is 4.74 Å². The van der Waals surface area contributed by atoms with Crippen molar-refractivity contribution in [1.29, 1.82) is 0 Å². The SMILES string of the molecule is ClC1=Cc2ccccc2[C@H](O[C@H]2c3ccccc3C=C(Cl)c3ccccc32)c2ccccc21. The second-order valence-corrected chi connectivity index (χ2v) is 9.13. The number of hydrogen-bond acceptors (Lipinski definition) is 1. The number of ether oxygens (including phenoxy) is 1. The van der Waals surface area contributed by atoms with E-state index < -0.39 is 0 Å². The summed E-state index contributed by atoms with van der Waals surface area (Å²) in [5, 5.41) is 1.44. The van der Waals surface area contributed by atoms with Crippen molar-refractivity contribution in [2.45, 2.75) is 12.2 Å². The summed E-state index contributed by atoms with van der Waals surface area (Å²) in [4.78, 5) is 0. The van der Waals surface area contributed by atoms with Gasteiger partial charge in [0.15, 0.2) is 0 Å². The molecule has 0 bridgehead atoms. The Labute approximate surface area is 203 Å². The van der Waals surface area contributed by atoms with Gasteiger partial charge in [-0.05, 0) is 56.7 Å². The number of benzene rings is 4. The Balaban J connectivity index is 1.57. The average Bonchev–Trinajstić information content (AvgIpc) is 3.05. The zero-order chi connectivity index (χ0) is 22.4. The first-order chi connectivity index (χ1) is 16.2. The summed E-state index contributed by atoms with van der Waals surface area (Å²) < 4.78 is 7.11. The van der Waals surface area contributed by atoms with E-state index in [2.05, 4.69) is 60.7 Å². The fraction of sp³-hybridized carbons (Fsp3) is 0.0667. The smallest absolute Gasteiger partial charge is 0.110 e. The third-order valence-corrected chi connectivity index (χ3v) is 7.02. The Bertz CT molecular complexity index is 1320. The third kappa shape index (κ3) is 3.54. The Kier molecular flexibility index (Phi) is 5.19. The molecule has 0 saturated carbocycles. The zero-order valence-corrected chi connectivity index (χ0v) is 19.2. The molecule has 0 amide bonds. The molecule has 0 aliphatic heterocycles. The lowest BCUT2D eigenvalue weighted by atomic mass is 9.93. The van der Waals surface area contributed by atoms with Gasteiger partial charge in [-0.15, -0.1) is 0 Å². The van der Waals surface area contributed by atoms with Crippen molar-refractivity contribution >= 4 is 45.4 Å². The molecule has 0 aromatic heterocycles. The van der Waals surface area contributed by atoms with Crippen LogP contribution in [-0.4, -0.2) is 0 Å². The van der Waals surface area contributed by atoms with Gasteiger partial charge in [-0.2, -0.15) is 0 Å². The fourth-order valence-corrected chi connectivity index (χ4v) is 5.42. The number of halogens is 2. The second-order valence-electron chi connectivity index (χ2n) is 8.31. The highest BCUT2D eigenvalue weighted by Crippen LogP contribution is 2.46. The van der Waals surface area contributed by atoms with Crippen LogP contribution in [0.5, 0.6) is 0 Å². The number of hydrogen-bond donors (Lipinski definition) is 0. The summed E-state index contributed by atoms with van der Waals surface area (Å²) in [5.41, 5.74) is 8.42. The van der Waals surface area contributed by atoms with Gasteiger partial charge in [-0.1, -0.05) is 120 Å². The molecule has 33 heavy (non-hydrogen) atoms. The lowest BCUT2D eigenvalue weighted by Gasteiger charge is -2.28. The van der Waals surface area contributed by atoms with E-state index in [1.165, 1.54) is 0 Å². The Hall–Kier alpha value is -3.10. The van der Waals surface area contributed by atoms with E-state index in [1.54, 1.807) is 0 Å². The molecule has 3 heteroatoms. The number of rotatable bonds is 2. The van der Waals surface area contributed by atoms with Crippen LogP contribution in [0.1, 0.15) is 56.7 Å². The van der Waals surface area contributed by atoms with Crippen LogP contribution in [0.2, 0.25) is 0 Å². The third-order valence-electron chi connectivity index (χ3n) is 6.39. The van der Waals surface area contributed by atoms with Gasteiger partial charge in [-0.3, -0.25) is 0 Å². The van der Waals surface area contributed by atoms with Crippen LogP contribution in [0.4, 0.5) is 0 Å². The molecule has 0 spiro atoms. The molecular formula is C30H20Cl2O. The van der Waals surface area contributed by atoms with E-state index in [-0.39, 0.29) is 12.2 Å². The largest absolute Gasteiger partial charge is 0.356 e. The van der Waals surface area contributed by atoms with Crippen LogP contribution < -0.4 is 0 Å². The highest BCUT2D eigenvalue weighted by molar-refractivity contribution is 6.52. The molecule has 2 atom stereocenters. The molecule has 4 aromatic rings. The standard InChI is InChI=1S/C30H20Cl2O/c31-27-17-19-9-1-3-11-21(19)29(25-15-7-5-13-23(25)27)33-30-22-12-4-2-10-20(22)18-28(32)24-14-6-8-16-26(24)30/h1-18,29-30H/t29-,30-/m0/s1. The fourth-order valence-electron chi connectivity index (χ4n) is 4.84. The second kappa shape index (κ2) is 8.35. The van der Waals surface area contributed by atoms with Gasteiger partial charge < -0.3 is 4.74 Å². The van der Waals surface area contributed by atoms with Gasteiger partial charge in [0, 0.05) is 10.1 Å². The minimum atomic E-state index is -0.298. The van der Waals surface area contributed by atoms with Crippen molar-refractivity contribution in [3.8, 4) is 0 Å². The predicted octanol–water partition coefficient (Wildman–Crippen LogP) is 8.68. The quantitative estimate of drug-likeness (QED) is 0.287. The molecule has 0 saturated heterocycles. The van der Waals surface area contributed by atoms with Crippen LogP contribution in [-0.2, 0) is 4.74 Å². The maximum atomic E-state index is 7.11. The first-order valence-electron chi connectivity index (χ1n) is 11.0. The van der Waals surface area contributed by atoms with Crippen LogP contribution >= 0.6 is 23.2 Å². The monoisotopic (exact) mass is 466 g/mol. The first kappa shape index (κ1) is 20.5. The van der Waals surface area contributed by atoms with Gasteiger partial charge >= 0.3 is 0 Å². The van der Waals surface area contributed by atoms with E-state index in [9.17, 15) is 0 Å². The molecule has 2 aliphatic rings. The van der Waals surface area contributed by atoms with E-state index in [1.807, 2.05) is 48.6 Å². The summed E-state index contributed by atoms with van der Waals surface area (Å²) in [6.07, 6.45) is 3.47. The van der Waals surface area contributed by atoms with E-state index in [0.29, 0.717) is 0 Å². The normalized spacial score (nSPS) is 18.5. The summed E-state index contributed by atoms with van der Waals surface area (Å²) in [6.45, 7) is 0. The minimum Gasteiger partial charge on any atom is -0.356 e. The van der Waals surface area contributed by atoms with Crippen molar-refractivity contribution in [2.24, 2.45) is 0 Å². The maximum absolute atomic E-state index is 7.11. The topological polar surface area (TPSA) is 9.23 Å². The van der Waals surface area contributed by atoms with E-state index >= 15 is 0 Å². The minimum absolute atomic E-state index is 0.298. The molecule has 2 aliphatic carbocycles. The van der Waals surface area contributed by atoms with Crippen LogP contribution in [0, 0.1) is 0 Å². The average molecular weight is 467 g/mol. The molecular weight excluding hydrogens is 447 g/mol. The summed E-state index contributed by atoms with van der Waals surface area (Å²) in [5.74, 6) is 0. The molecule has 160 valence electrons. The van der Waals surface area contributed by atoms with Gasteiger partial charge in [0.2, 0.25) is 0 Å². The molecule has 0 radical (unpaired) electrons. The molecule has 0 fully saturated rings. The van der Waals surface area contributed by atoms with Crippen molar-refractivity contribution in [1.82, 2.24) is 0 Å². The van der Waals surface area contributed by atoms with Gasteiger partial charge in [0.1, 0.15) is 12.2 Å². The van der Waals surface area contributed by atoms with Gasteiger partial charge in [0.05, 0.1) is 0 Å². The van der Waals surface area contributed by atoms with Gasteiger partial charge in [0.25, 0.3) is 0 Å². The molecule has 1 nitrogen and oxygen atoms in total. The Morgan fingerprint density at radius 1 is 0.455 bits per heavy atom. The molecule has 4 aromatic carbocycles. The van der Waals surface area contributed by atoms with Crippen LogP contribution in [0.3, 0.4) is 0 Å². The maximum Gasteiger partial charge on any atom is 0.110 e. The highest BCUT2D eigenvalue weighted by atomic mass is 35.5. The Morgan fingerprint density at radius 2 is 0.818 bits per heavy atom. The summed E-state index contributed by atoms with van der Waals surface area (Å²) >= 11 is 13.5. The van der Waals surface area contributed by atoms with Crippen LogP contribution in [0.25, 0.3) is 22.2 Å². The van der Waals surface area contributed by atoms with Crippen molar-refractivity contribution in [2.75, 3.05) is 0 Å². The summed E-state index contributed by atoms with van der Waals surface area (Å²) in [7, 11) is 0. The van der Waals surface area contributed by atoms with Crippen LogP contribution in [0.15, 0.2) is 97.1 Å². The summed E-state index contributed by atoms with van der Waals surface area (Å²) in [6, 6.07) is 33.1. The lowest BCUT2D eigenvalue weighted by Crippen LogP contribution is -2.15. The first-order valence-corrected chi connectivity index (χ1v) is 11.7. The number of fused-ring (bicyclic) bond motifs is 4. The van der Waals surface area contributed by atoms with E-state index in [0.717, 1.165) is 54.6 Å². The van der Waals surface area contributed by atoms with E-state index in [4.69, 9.17) is 27.9 Å². The van der Waals surface area contributed by atoms with Crippen molar-refractivity contribution in [3.63, 3.8) is 0 Å². The lowest BCUT2D eigenvalue weighted by molar-refractivity contribution is 0.0306. The predicted molar refractivity (Wildman–Crippen MR) is 138 cm³/mol. The van der Waals surface area contributed by atoms with Crippen molar-refractivity contribution in [3.05, 3.63) is 142 Å². The Morgan fingerprint density at radius 3 is 1.27 bits per heavy atom.